The van der Waals surface area contributed by atoms with Crippen molar-refractivity contribution < 1.29 is 17.9 Å². The Morgan fingerprint density at radius 2 is 1.80 bits per heavy atom. The summed E-state index contributed by atoms with van der Waals surface area (Å²) in [5.41, 5.74) is 1.76. The highest BCUT2D eigenvalue weighted by atomic mass is 19.4. The maximum atomic E-state index is 12.5. The van der Waals surface area contributed by atoms with Gasteiger partial charge in [0.05, 0.1) is 5.39 Å². The van der Waals surface area contributed by atoms with Crippen molar-refractivity contribution in [3.63, 3.8) is 0 Å². The van der Waals surface area contributed by atoms with Crippen molar-refractivity contribution in [2.45, 2.75) is 6.36 Å². The lowest BCUT2D eigenvalue weighted by atomic mass is 10.1. The number of aromatic amines is 1. The number of hydrogen-bond donors (Lipinski definition) is 1. The lowest BCUT2D eigenvalue weighted by Gasteiger charge is -2.10. The number of benzene rings is 1. The van der Waals surface area contributed by atoms with Gasteiger partial charge in [0.25, 0.3) is 0 Å². The highest BCUT2D eigenvalue weighted by molar-refractivity contribution is 5.98. The van der Waals surface area contributed by atoms with Crippen molar-refractivity contribution in [3.8, 4) is 16.9 Å². The van der Waals surface area contributed by atoms with Gasteiger partial charge in [-0.3, -0.25) is 0 Å². The first-order chi connectivity index (χ1) is 9.54. The Morgan fingerprint density at radius 1 is 1.05 bits per heavy atom. The molecule has 0 saturated heterocycles. The van der Waals surface area contributed by atoms with Crippen LogP contribution in [-0.2, 0) is 0 Å². The Balaban J connectivity index is 2.20. The molecule has 3 nitrogen and oxygen atoms in total. The predicted octanol–water partition coefficient (Wildman–Crippen LogP) is 4.13. The standard InChI is InChI=1S/C14H9F3N2O/c15-14(16,17)20-11-6-7-18-13-12(11)10(8-19-13)9-4-2-1-3-5-9/h1-8H,(H,18,19). The maximum Gasteiger partial charge on any atom is 0.573 e. The topological polar surface area (TPSA) is 37.9 Å². The Labute approximate surface area is 112 Å². The molecule has 0 atom stereocenters. The van der Waals surface area contributed by atoms with Crippen LogP contribution in [0, 0.1) is 0 Å². The van der Waals surface area contributed by atoms with Gasteiger partial charge in [0, 0.05) is 18.0 Å². The fourth-order valence-corrected chi connectivity index (χ4v) is 2.08. The van der Waals surface area contributed by atoms with Crippen LogP contribution in [0.4, 0.5) is 13.2 Å². The van der Waals surface area contributed by atoms with E-state index in [1.54, 1.807) is 6.20 Å². The van der Waals surface area contributed by atoms with Crippen molar-refractivity contribution in [1.82, 2.24) is 9.97 Å². The second kappa shape index (κ2) is 4.56. The first-order valence-electron chi connectivity index (χ1n) is 5.82. The zero-order valence-corrected chi connectivity index (χ0v) is 10.1. The second-order valence-corrected chi connectivity index (χ2v) is 4.15. The summed E-state index contributed by atoms with van der Waals surface area (Å²) < 4.78 is 41.4. The number of halogens is 3. The van der Waals surface area contributed by atoms with E-state index in [0.29, 0.717) is 16.6 Å². The Kier molecular flexibility index (Phi) is 2.85. The number of H-pyrrole nitrogens is 1. The molecule has 0 aliphatic carbocycles. The van der Waals surface area contributed by atoms with Gasteiger partial charge in [-0.1, -0.05) is 30.3 Å². The third-order valence-corrected chi connectivity index (χ3v) is 2.85. The summed E-state index contributed by atoms with van der Waals surface area (Å²) in [6, 6.07) is 10.3. The molecular weight excluding hydrogens is 269 g/mol. The SMILES string of the molecule is FC(F)(F)Oc1ccnc2[nH]cc(-c3ccccc3)c12. The summed E-state index contributed by atoms with van der Waals surface area (Å²) in [5.74, 6) is -0.261. The van der Waals surface area contributed by atoms with Crippen molar-refractivity contribution in [2.24, 2.45) is 0 Å². The van der Waals surface area contributed by atoms with Crippen LogP contribution in [0.2, 0.25) is 0 Å². The normalized spacial score (nSPS) is 11.8. The molecule has 3 aromatic rings. The van der Waals surface area contributed by atoms with Crippen molar-refractivity contribution in [3.05, 3.63) is 48.8 Å². The molecule has 0 fully saturated rings. The van der Waals surface area contributed by atoms with Gasteiger partial charge in [-0.25, -0.2) is 4.98 Å². The lowest BCUT2D eigenvalue weighted by molar-refractivity contribution is -0.274. The molecule has 0 saturated carbocycles. The molecule has 0 aliphatic rings. The smallest absolute Gasteiger partial charge is 0.405 e. The maximum absolute atomic E-state index is 12.5. The summed E-state index contributed by atoms with van der Waals surface area (Å²) >= 11 is 0. The van der Waals surface area contributed by atoms with Crippen molar-refractivity contribution >= 4 is 11.0 Å². The third-order valence-electron chi connectivity index (χ3n) is 2.85. The first-order valence-corrected chi connectivity index (χ1v) is 5.82. The molecule has 2 aromatic heterocycles. The molecule has 0 bridgehead atoms. The molecule has 0 amide bonds. The number of alkyl halides is 3. The molecule has 2 heterocycles. The Morgan fingerprint density at radius 3 is 2.50 bits per heavy atom. The number of pyridine rings is 1. The van der Waals surface area contributed by atoms with E-state index in [9.17, 15) is 13.2 Å². The summed E-state index contributed by atoms with van der Waals surface area (Å²) in [6.45, 7) is 0. The Bertz CT molecular complexity index is 735. The highest BCUT2D eigenvalue weighted by Gasteiger charge is 2.32. The summed E-state index contributed by atoms with van der Waals surface area (Å²) in [4.78, 5) is 6.87. The van der Waals surface area contributed by atoms with Crippen molar-refractivity contribution in [2.75, 3.05) is 0 Å². The van der Waals surface area contributed by atoms with Crippen LogP contribution in [-0.4, -0.2) is 16.3 Å². The summed E-state index contributed by atoms with van der Waals surface area (Å²) in [6.07, 6.45) is -1.84. The highest BCUT2D eigenvalue weighted by Crippen LogP contribution is 2.36. The van der Waals surface area contributed by atoms with Gasteiger partial charge in [0.2, 0.25) is 0 Å². The van der Waals surface area contributed by atoms with Crippen LogP contribution >= 0.6 is 0 Å². The molecule has 1 aromatic carbocycles. The van der Waals surface area contributed by atoms with Gasteiger partial charge < -0.3 is 9.72 Å². The van der Waals surface area contributed by atoms with Gasteiger partial charge in [0.15, 0.2) is 0 Å². The average Bonchev–Trinajstić information content (AvgIpc) is 2.83. The number of rotatable bonds is 2. The van der Waals surface area contributed by atoms with E-state index in [0.717, 1.165) is 5.56 Å². The van der Waals surface area contributed by atoms with Crippen LogP contribution < -0.4 is 4.74 Å². The van der Waals surface area contributed by atoms with E-state index in [1.165, 1.54) is 12.3 Å². The van der Waals surface area contributed by atoms with Crippen LogP contribution in [0.15, 0.2) is 48.8 Å². The summed E-state index contributed by atoms with van der Waals surface area (Å²) in [7, 11) is 0. The number of hydrogen-bond acceptors (Lipinski definition) is 2. The van der Waals surface area contributed by atoms with E-state index < -0.39 is 6.36 Å². The van der Waals surface area contributed by atoms with E-state index in [4.69, 9.17) is 0 Å². The zero-order valence-electron chi connectivity index (χ0n) is 10.1. The largest absolute Gasteiger partial charge is 0.573 e. The van der Waals surface area contributed by atoms with E-state index in [1.807, 2.05) is 30.3 Å². The molecule has 0 aliphatic heterocycles. The van der Waals surface area contributed by atoms with Gasteiger partial charge in [-0.2, -0.15) is 0 Å². The molecule has 6 heteroatoms. The molecule has 3 rings (SSSR count). The molecule has 102 valence electrons. The minimum Gasteiger partial charge on any atom is -0.405 e. The molecular formula is C14H9F3N2O. The van der Waals surface area contributed by atoms with Gasteiger partial charge in [-0.05, 0) is 11.6 Å². The third kappa shape index (κ3) is 2.32. The second-order valence-electron chi connectivity index (χ2n) is 4.15. The number of nitrogens with zero attached hydrogens (tertiary/aromatic N) is 1. The van der Waals surface area contributed by atoms with Crippen LogP contribution in [0.5, 0.6) is 5.75 Å². The fourth-order valence-electron chi connectivity index (χ4n) is 2.08. The number of ether oxygens (including phenoxy) is 1. The minimum absolute atomic E-state index is 0.261. The zero-order chi connectivity index (χ0) is 14.2. The van der Waals surface area contributed by atoms with E-state index in [-0.39, 0.29) is 5.75 Å². The molecule has 20 heavy (non-hydrogen) atoms. The van der Waals surface area contributed by atoms with Crippen LogP contribution in [0.25, 0.3) is 22.2 Å². The van der Waals surface area contributed by atoms with Crippen molar-refractivity contribution in [1.29, 1.82) is 0 Å². The fraction of sp³-hybridized carbons (Fsp3) is 0.0714. The number of aromatic nitrogens is 2. The number of nitrogens with one attached hydrogen (secondary N) is 1. The van der Waals surface area contributed by atoms with E-state index in [2.05, 4.69) is 14.7 Å². The van der Waals surface area contributed by atoms with Crippen LogP contribution in [0.3, 0.4) is 0 Å². The van der Waals surface area contributed by atoms with Crippen LogP contribution in [0.1, 0.15) is 0 Å². The molecule has 1 N–H and O–H groups in total. The quantitative estimate of drug-likeness (QED) is 0.765. The summed E-state index contributed by atoms with van der Waals surface area (Å²) in [5, 5.41) is 0.316. The first kappa shape index (κ1) is 12.5. The average molecular weight is 278 g/mol. The van der Waals surface area contributed by atoms with Gasteiger partial charge in [0.1, 0.15) is 11.4 Å². The molecule has 0 unspecified atom stereocenters. The molecule has 0 spiro atoms. The van der Waals surface area contributed by atoms with Gasteiger partial charge >= 0.3 is 6.36 Å². The van der Waals surface area contributed by atoms with E-state index >= 15 is 0 Å². The minimum atomic E-state index is -4.74. The molecule has 0 radical (unpaired) electrons. The predicted molar refractivity (Wildman–Crippen MR) is 68.2 cm³/mol. The van der Waals surface area contributed by atoms with Gasteiger partial charge in [-0.15, -0.1) is 13.2 Å². The lowest BCUT2D eigenvalue weighted by Crippen LogP contribution is -2.17. The number of fused-ring (bicyclic) bond motifs is 1. The Hall–Kier alpha value is -2.50. The monoisotopic (exact) mass is 278 g/mol.